The van der Waals surface area contributed by atoms with Crippen LogP contribution in [0.5, 0.6) is 0 Å². The maximum absolute atomic E-state index is 11.8. The van der Waals surface area contributed by atoms with E-state index in [9.17, 15) is 14.4 Å². The van der Waals surface area contributed by atoms with E-state index in [-0.39, 0.29) is 30.1 Å². The lowest BCUT2D eigenvalue weighted by atomic mass is 10.2. The maximum Gasteiger partial charge on any atom is 0.251 e. The van der Waals surface area contributed by atoms with Crippen LogP contribution < -0.4 is 16.2 Å². The van der Waals surface area contributed by atoms with Gasteiger partial charge >= 0.3 is 0 Å². The molecule has 22 heavy (non-hydrogen) atoms. The van der Waals surface area contributed by atoms with Crippen molar-refractivity contribution >= 4 is 29.3 Å². The van der Waals surface area contributed by atoms with Gasteiger partial charge in [-0.3, -0.25) is 25.2 Å². The molecule has 0 spiro atoms. The highest BCUT2D eigenvalue weighted by atomic mass is 35.5. The highest BCUT2D eigenvalue weighted by Gasteiger charge is 2.29. The Morgan fingerprint density at radius 3 is 2.41 bits per heavy atom. The number of rotatable bonds is 6. The molecular weight excluding hydrogens is 306 g/mol. The summed E-state index contributed by atoms with van der Waals surface area (Å²) in [7, 11) is 0. The largest absolute Gasteiger partial charge is 0.352 e. The zero-order chi connectivity index (χ0) is 15.9. The lowest BCUT2D eigenvalue weighted by Gasteiger charge is -2.07. The average Bonchev–Trinajstić information content (AvgIpc) is 3.34. The van der Waals surface area contributed by atoms with Crippen molar-refractivity contribution in [2.75, 3.05) is 6.54 Å². The summed E-state index contributed by atoms with van der Waals surface area (Å²) >= 11 is 5.75. The van der Waals surface area contributed by atoms with Crippen molar-refractivity contribution < 1.29 is 14.4 Å². The molecule has 3 amide bonds. The van der Waals surface area contributed by atoms with Crippen LogP contribution in [0.4, 0.5) is 0 Å². The molecule has 0 heterocycles. The van der Waals surface area contributed by atoms with Gasteiger partial charge in [0.05, 0.1) is 0 Å². The van der Waals surface area contributed by atoms with Gasteiger partial charge in [-0.05, 0) is 43.5 Å². The second-order valence-electron chi connectivity index (χ2n) is 5.18. The van der Waals surface area contributed by atoms with E-state index in [2.05, 4.69) is 16.2 Å². The third kappa shape index (κ3) is 5.37. The average molecular weight is 324 g/mol. The summed E-state index contributed by atoms with van der Waals surface area (Å²) in [6.07, 6.45) is 2.49. The fourth-order valence-electron chi connectivity index (χ4n) is 1.80. The summed E-state index contributed by atoms with van der Waals surface area (Å²) in [5.74, 6) is -0.558. The number of carbonyl (C=O) groups excluding carboxylic acids is 3. The van der Waals surface area contributed by atoms with Gasteiger partial charge in [-0.25, -0.2) is 0 Å². The molecule has 0 aliphatic heterocycles. The van der Waals surface area contributed by atoms with Gasteiger partial charge in [0.25, 0.3) is 5.91 Å². The smallest absolute Gasteiger partial charge is 0.251 e. The fourth-order valence-corrected chi connectivity index (χ4v) is 1.92. The normalized spacial score (nSPS) is 13.3. The third-order valence-electron chi connectivity index (χ3n) is 3.25. The van der Waals surface area contributed by atoms with Crippen LogP contribution in [-0.4, -0.2) is 24.3 Å². The Morgan fingerprint density at radius 1 is 1.09 bits per heavy atom. The van der Waals surface area contributed by atoms with Crippen molar-refractivity contribution in [2.24, 2.45) is 5.92 Å². The molecule has 1 aliphatic carbocycles. The van der Waals surface area contributed by atoms with E-state index in [1.54, 1.807) is 24.3 Å². The lowest BCUT2D eigenvalue weighted by molar-refractivity contribution is -0.129. The molecule has 0 radical (unpaired) electrons. The molecule has 3 N–H and O–H groups in total. The van der Waals surface area contributed by atoms with Crippen molar-refractivity contribution in [1.82, 2.24) is 16.2 Å². The van der Waals surface area contributed by atoms with E-state index in [0.717, 1.165) is 12.8 Å². The summed E-state index contributed by atoms with van der Waals surface area (Å²) in [5, 5.41) is 3.29. The van der Waals surface area contributed by atoms with Crippen molar-refractivity contribution in [1.29, 1.82) is 0 Å². The van der Waals surface area contributed by atoms with E-state index in [1.165, 1.54) is 0 Å². The Kier molecular flexibility index (Phi) is 5.77. The van der Waals surface area contributed by atoms with Gasteiger partial charge in [-0.15, -0.1) is 0 Å². The molecule has 0 bridgehead atoms. The first kappa shape index (κ1) is 16.3. The summed E-state index contributed by atoms with van der Waals surface area (Å²) in [4.78, 5) is 34.6. The van der Waals surface area contributed by atoms with Gasteiger partial charge in [0, 0.05) is 29.5 Å². The predicted octanol–water partition coefficient (Wildman–Crippen LogP) is 1.41. The van der Waals surface area contributed by atoms with Crippen LogP contribution in [0.3, 0.4) is 0 Å². The summed E-state index contributed by atoms with van der Waals surface area (Å²) in [6.45, 7) is 0.380. The van der Waals surface area contributed by atoms with Crippen LogP contribution in [0.2, 0.25) is 5.02 Å². The molecule has 1 fully saturated rings. The summed E-state index contributed by atoms with van der Waals surface area (Å²) in [6, 6.07) is 6.56. The van der Waals surface area contributed by atoms with Gasteiger partial charge in [0.1, 0.15) is 0 Å². The number of carbonyl (C=O) groups is 3. The minimum Gasteiger partial charge on any atom is -0.352 e. The first-order chi connectivity index (χ1) is 10.6. The number of hydrazine groups is 1. The first-order valence-electron chi connectivity index (χ1n) is 7.19. The van der Waals surface area contributed by atoms with Gasteiger partial charge in [0.15, 0.2) is 0 Å². The maximum atomic E-state index is 11.8. The molecule has 118 valence electrons. The Bertz CT molecular complexity index is 556. The van der Waals surface area contributed by atoms with Gasteiger partial charge in [-0.1, -0.05) is 11.6 Å². The van der Waals surface area contributed by atoms with Gasteiger partial charge in [0.2, 0.25) is 11.8 Å². The number of halogens is 1. The van der Waals surface area contributed by atoms with Crippen molar-refractivity contribution in [3.8, 4) is 0 Å². The topological polar surface area (TPSA) is 87.3 Å². The third-order valence-corrected chi connectivity index (χ3v) is 3.50. The van der Waals surface area contributed by atoms with E-state index < -0.39 is 0 Å². The van der Waals surface area contributed by atoms with E-state index in [0.29, 0.717) is 23.6 Å². The number of hydrogen-bond donors (Lipinski definition) is 3. The fraction of sp³-hybridized carbons (Fsp3) is 0.400. The number of amides is 3. The second-order valence-corrected chi connectivity index (χ2v) is 5.61. The zero-order valence-corrected chi connectivity index (χ0v) is 12.8. The second kappa shape index (κ2) is 7.79. The SMILES string of the molecule is O=C(CCCNC(=O)c1ccc(Cl)cc1)NNC(=O)C1CC1. The Hall–Kier alpha value is -2.08. The van der Waals surface area contributed by atoms with Gasteiger partial charge < -0.3 is 5.32 Å². The van der Waals surface area contributed by atoms with Crippen molar-refractivity contribution in [3.63, 3.8) is 0 Å². The molecule has 1 aromatic carbocycles. The zero-order valence-electron chi connectivity index (χ0n) is 12.0. The van der Waals surface area contributed by atoms with Crippen LogP contribution in [0.25, 0.3) is 0 Å². The molecule has 0 saturated heterocycles. The molecule has 7 heteroatoms. The Morgan fingerprint density at radius 2 is 1.77 bits per heavy atom. The van der Waals surface area contributed by atoms with E-state index in [1.807, 2.05) is 0 Å². The van der Waals surface area contributed by atoms with Crippen molar-refractivity contribution in [3.05, 3.63) is 34.9 Å². The molecular formula is C15H18ClN3O3. The lowest BCUT2D eigenvalue weighted by Crippen LogP contribution is -2.42. The monoisotopic (exact) mass is 323 g/mol. The van der Waals surface area contributed by atoms with E-state index in [4.69, 9.17) is 11.6 Å². The van der Waals surface area contributed by atoms with Crippen LogP contribution >= 0.6 is 11.6 Å². The minimum atomic E-state index is -0.269. The number of benzene rings is 1. The molecule has 0 unspecified atom stereocenters. The summed E-state index contributed by atoms with van der Waals surface area (Å²) in [5.41, 5.74) is 5.27. The number of nitrogens with one attached hydrogen (secondary N) is 3. The van der Waals surface area contributed by atoms with Crippen LogP contribution in [0, 0.1) is 5.92 Å². The quantitative estimate of drug-likeness (QED) is 0.546. The molecule has 1 aromatic rings. The predicted molar refractivity (Wildman–Crippen MR) is 82.0 cm³/mol. The van der Waals surface area contributed by atoms with Crippen LogP contribution in [0.15, 0.2) is 24.3 Å². The molecule has 1 saturated carbocycles. The molecule has 0 aromatic heterocycles. The molecule has 2 rings (SSSR count). The highest BCUT2D eigenvalue weighted by Crippen LogP contribution is 2.28. The van der Waals surface area contributed by atoms with Crippen molar-refractivity contribution in [2.45, 2.75) is 25.7 Å². The van der Waals surface area contributed by atoms with Gasteiger partial charge in [-0.2, -0.15) is 0 Å². The first-order valence-corrected chi connectivity index (χ1v) is 7.56. The molecule has 0 atom stereocenters. The molecule has 1 aliphatic rings. The summed E-state index contributed by atoms with van der Waals surface area (Å²) < 4.78 is 0. The van der Waals surface area contributed by atoms with Crippen LogP contribution in [-0.2, 0) is 9.59 Å². The minimum absolute atomic E-state index is 0.0546. The standard InChI is InChI=1S/C15H18ClN3O3/c16-12-7-5-10(6-8-12)14(21)17-9-1-2-13(20)18-19-15(22)11-3-4-11/h5-8,11H,1-4,9H2,(H,17,21)(H,18,20)(H,19,22). The molecule has 6 nitrogen and oxygen atoms in total. The highest BCUT2D eigenvalue weighted by molar-refractivity contribution is 6.30. The Labute approximate surface area is 133 Å². The van der Waals surface area contributed by atoms with E-state index >= 15 is 0 Å². The number of hydrogen-bond acceptors (Lipinski definition) is 3. The Balaban J connectivity index is 1.57. The van der Waals surface area contributed by atoms with Crippen LogP contribution in [0.1, 0.15) is 36.0 Å².